The Labute approximate surface area is 147 Å². The fourth-order valence-corrected chi connectivity index (χ4v) is 3.25. The van der Waals surface area contributed by atoms with Gasteiger partial charge < -0.3 is 10.2 Å². The summed E-state index contributed by atoms with van der Waals surface area (Å²) in [5.41, 5.74) is 4.20. The van der Waals surface area contributed by atoms with E-state index in [2.05, 4.69) is 56.3 Å². The maximum absolute atomic E-state index is 4.42. The van der Waals surface area contributed by atoms with Crippen molar-refractivity contribution >= 4 is 41.3 Å². The van der Waals surface area contributed by atoms with Crippen LogP contribution in [0.1, 0.15) is 16.7 Å². The van der Waals surface area contributed by atoms with E-state index in [4.69, 9.17) is 0 Å². The van der Waals surface area contributed by atoms with Crippen molar-refractivity contribution in [2.24, 2.45) is 4.99 Å². The molecule has 1 aliphatic rings. The molecule has 21 heavy (non-hydrogen) atoms. The molecule has 2 heterocycles. The molecule has 112 valence electrons. The number of halogens is 1. The minimum absolute atomic E-state index is 0. The van der Waals surface area contributed by atoms with Gasteiger partial charge in [0.25, 0.3) is 0 Å². The normalized spacial score (nSPS) is 14.3. The van der Waals surface area contributed by atoms with Crippen molar-refractivity contribution in [2.75, 3.05) is 13.6 Å². The molecule has 0 fully saturated rings. The topological polar surface area (TPSA) is 27.6 Å². The number of hydrogen-bond donors (Lipinski definition) is 1. The number of aliphatic imine (C=N–C) groups is 1. The molecular weight excluding hydrogens is 393 g/mol. The zero-order valence-corrected chi connectivity index (χ0v) is 15.2. The molecule has 0 bridgehead atoms. The summed E-state index contributed by atoms with van der Waals surface area (Å²) in [5, 5.41) is 7.74. The summed E-state index contributed by atoms with van der Waals surface area (Å²) in [5.74, 6) is 0.991. The van der Waals surface area contributed by atoms with Gasteiger partial charge in [-0.2, -0.15) is 11.3 Å². The number of rotatable bonds is 2. The second kappa shape index (κ2) is 7.79. The first-order chi connectivity index (χ1) is 9.86. The number of fused-ring (bicyclic) bond motifs is 1. The maximum Gasteiger partial charge on any atom is 0.194 e. The Hall–Kier alpha value is -1.08. The van der Waals surface area contributed by atoms with E-state index in [0.717, 1.165) is 32.0 Å². The van der Waals surface area contributed by atoms with E-state index in [1.807, 2.05) is 7.05 Å². The number of thiophene rings is 1. The van der Waals surface area contributed by atoms with Crippen LogP contribution in [-0.2, 0) is 19.5 Å². The van der Waals surface area contributed by atoms with Gasteiger partial charge in [-0.25, -0.2) is 0 Å². The third-order valence-electron chi connectivity index (χ3n) is 3.67. The highest BCUT2D eigenvalue weighted by Crippen LogP contribution is 2.18. The summed E-state index contributed by atoms with van der Waals surface area (Å²) >= 11 is 1.73. The number of benzene rings is 1. The van der Waals surface area contributed by atoms with Crippen molar-refractivity contribution in [1.29, 1.82) is 0 Å². The molecule has 1 aromatic carbocycles. The van der Waals surface area contributed by atoms with Gasteiger partial charge in [-0.15, -0.1) is 24.0 Å². The molecule has 0 amide bonds. The smallest absolute Gasteiger partial charge is 0.194 e. The van der Waals surface area contributed by atoms with Crippen LogP contribution >= 0.6 is 35.3 Å². The van der Waals surface area contributed by atoms with E-state index in [1.54, 1.807) is 11.3 Å². The van der Waals surface area contributed by atoms with Gasteiger partial charge in [0.15, 0.2) is 5.96 Å². The Morgan fingerprint density at radius 1 is 1.29 bits per heavy atom. The highest BCUT2D eigenvalue weighted by molar-refractivity contribution is 14.0. The van der Waals surface area contributed by atoms with Gasteiger partial charge in [-0.05, 0) is 39.9 Å². The Bertz CT molecular complexity index is 595. The average Bonchev–Trinajstić information content (AvgIpc) is 3.01. The van der Waals surface area contributed by atoms with Crippen LogP contribution in [-0.4, -0.2) is 24.5 Å². The highest BCUT2D eigenvalue weighted by Gasteiger charge is 2.18. The molecule has 1 aromatic heterocycles. The minimum Gasteiger partial charge on any atom is -0.352 e. The van der Waals surface area contributed by atoms with Crippen LogP contribution in [0.4, 0.5) is 0 Å². The van der Waals surface area contributed by atoms with Gasteiger partial charge in [0.2, 0.25) is 0 Å². The number of guanidine groups is 1. The minimum atomic E-state index is 0. The first-order valence-corrected chi connectivity index (χ1v) is 7.84. The fraction of sp³-hybridized carbons (Fsp3) is 0.312. The van der Waals surface area contributed by atoms with Gasteiger partial charge in [-0.3, -0.25) is 4.99 Å². The summed E-state index contributed by atoms with van der Waals surface area (Å²) < 4.78 is 0. The summed E-state index contributed by atoms with van der Waals surface area (Å²) in [6.45, 7) is 2.81. The van der Waals surface area contributed by atoms with Gasteiger partial charge in [-0.1, -0.05) is 24.3 Å². The number of nitrogens with one attached hydrogen (secondary N) is 1. The molecule has 0 unspecified atom stereocenters. The van der Waals surface area contributed by atoms with Crippen LogP contribution in [0.15, 0.2) is 46.1 Å². The van der Waals surface area contributed by atoms with E-state index in [0.29, 0.717) is 0 Å². The van der Waals surface area contributed by atoms with E-state index < -0.39 is 0 Å². The van der Waals surface area contributed by atoms with E-state index in [-0.39, 0.29) is 24.0 Å². The molecule has 1 aliphatic heterocycles. The molecule has 0 saturated carbocycles. The lowest BCUT2D eigenvalue weighted by Crippen LogP contribution is -2.43. The average molecular weight is 413 g/mol. The monoisotopic (exact) mass is 413 g/mol. The Morgan fingerprint density at radius 3 is 2.81 bits per heavy atom. The highest BCUT2D eigenvalue weighted by atomic mass is 127. The van der Waals surface area contributed by atoms with Crippen molar-refractivity contribution in [1.82, 2.24) is 10.2 Å². The third kappa shape index (κ3) is 3.97. The number of nitrogens with zero attached hydrogens (tertiary/aromatic N) is 2. The maximum atomic E-state index is 4.42. The Kier molecular flexibility index (Phi) is 6.05. The second-order valence-electron chi connectivity index (χ2n) is 4.97. The Balaban J connectivity index is 0.00000161. The second-order valence-corrected chi connectivity index (χ2v) is 5.75. The molecule has 0 atom stereocenters. The molecular formula is C16H20IN3S. The molecule has 3 rings (SSSR count). The first-order valence-electron chi connectivity index (χ1n) is 6.90. The summed E-state index contributed by atoms with van der Waals surface area (Å²) in [4.78, 5) is 6.75. The predicted octanol–water partition coefficient (Wildman–Crippen LogP) is 3.50. The van der Waals surface area contributed by atoms with Crippen LogP contribution in [0.2, 0.25) is 0 Å². The van der Waals surface area contributed by atoms with Crippen LogP contribution in [0.3, 0.4) is 0 Å². The molecule has 5 heteroatoms. The van der Waals surface area contributed by atoms with Crippen molar-refractivity contribution in [3.8, 4) is 0 Å². The van der Waals surface area contributed by atoms with Gasteiger partial charge in [0.05, 0.1) is 0 Å². The zero-order chi connectivity index (χ0) is 13.8. The molecule has 0 spiro atoms. The van der Waals surface area contributed by atoms with E-state index >= 15 is 0 Å². The molecule has 2 aromatic rings. The number of hydrogen-bond acceptors (Lipinski definition) is 2. The lowest BCUT2D eigenvalue weighted by molar-refractivity contribution is 0.378. The Morgan fingerprint density at radius 2 is 2.10 bits per heavy atom. The van der Waals surface area contributed by atoms with Gasteiger partial charge in [0.1, 0.15) is 0 Å². The third-order valence-corrected chi connectivity index (χ3v) is 4.40. The predicted molar refractivity (Wildman–Crippen MR) is 100 cm³/mol. The van der Waals surface area contributed by atoms with Crippen LogP contribution < -0.4 is 5.32 Å². The van der Waals surface area contributed by atoms with Crippen LogP contribution in [0.25, 0.3) is 0 Å². The first kappa shape index (κ1) is 16.3. The van der Waals surface area contributed by atoms with Gasteiger partial charge >= 0.3 is 0 Å². The molecule has 0 saturated heterocycles. The lowest BCUT2D eigenvalue weighted by Gasteiger charge is -2.31. The SMILES string of the molecule is CN=C(NCc1ccsc1)N1CCc2ccccc2C1.I. The molecule has 1 N–H and O–H groups in total. The molecule has 3 nitrogen and oxygen atoms in total. The van der Waals surface area contributed by atoms with Crippen molar-refractivity contribution < 1.29 is 0 Å². The lowest BCUT2D eigenvalue weighted by atomic mass is 10.0. The summed E-state index contributed by atoms with van der Waals surface area (Å²) in [6.07, 6.45) is 1.09. The van der Waals surface area contributed by atoms with Gasteiger partial charge in [0, 0.05) is 26.7 Å². The molecule has 0 radical (unpaired) electrons. The van der Waals surface area contributed by atoms with Crippen molar-refractivity contribution in [3.63, 3.8) is 0 Å². The fourth-order valence-electron chi connectivity index (χ4n) is 2.58. The summed E-state index contributed by atoms with van der Waals surface area (Å²) in [6, 6.07) is 10.8. The van der Waals surface area contributed by atoms with E-state index in [9.17, 15) is 0 Å². The largest absolute Gasteiger partial charge is 0.352 e. The van der Waals surface area contributed by atoms with Crippen molar-refractivity contribution in [2.45, 2.75) is 19.5 Å². The quantitative estimate of drug-likeness (QED) is 0.464. The van der Waals surface area contributed by atoms with Crippen molar-refractivity contribution in [3.05, 3.63) is 57.8 Å². The van der Waals surface area contributed by atoms with E-state index in [1.165, 1.54) is 16.7 Å². The zero-order valence-electron chi connectivity index (χ0n) is 12.1. The standard InChI is InChI=1S/C16H19N3S.HI/c1-17-16(18-10-13-7-9-20-12-13)19-8-6-14-4-2-3-5-15(14)11-19;/h2-5,7,9,12H,6,8,10-11H2,1H3,(H,17,18);1H. The van der Waals surface area contributed by atoms with Crippen LogP contribution in [0, 0.1) is 0 Å². The van der Waals surface area contributed by atoms with Crippen LogP contribution in [0.5, 0.6) is 0 Å². The molecule has 0 aliphatic carbocycles. The summed E-state index contributed by atoms with van der Waals surface area (Å²) in [7, 11) is 1.86.